The van der Waals surface area contributed by atoms with Crippen molar-refractivity contribution in [3.63, 3.8) is 0 Å². The number of piperidine rings is 1. The van der Waals surface area contributed by atoms with Gasteiger partial charge in [0, 0.05) is 43.7 Å². The van der Waals surface area contributed by atoms with Crippen LogP contribution in [0.5, 0.6) is 0 Å². The van der Waals surface area contributed by atoms with E-state index in [4.69, 9.17) is 9.26 Å². The van der Waals surface area contributed by atoms with E-state index in [1.807, 2.05) is 35.2 Å². The van der Waals surface area contributed by atoms with Gasteiger partial charge in [-0.3, -0.25) is 9.59 Å². The van der Waals surface area contributed by atoms with E-state index in [0.29, 0.717) is 63.7 Å². The van der Waals surface area contributed by atoms with Crippen molar-refractivity contribution >= 4 is 11.8 Å². The molecule has 0 aliphatic carbocycles. The average Bonchev–Trinajstić information content (AvgIpc) is 3.24. The van der Waals surface area contributed by atoms with Gasteiger partial charge in [-0.1, -0.05) is 35.5 Å². The number of amides is 2. The van der Waals surface area contributed by atoms with E-state index in [0.717, 1.165) is 5.56 Å². The summed E-state index contributed by atoms with van der Waals surface area (Å²) in [5.41, 5.74) is 1.20. The minimum atomic E-state index is -0.141. The van der Waals surface area contributed by atoms with Crippen LogP contribution in [0.25, 0.3) is 11.3 Å². The number of nitrogens with zero attached hydrogens (tertiary/aromatic N) is 3. The molecule has 142 valence electrons. The molecule has 4 rings (SSSR count). The second kappa shape index (κ2) is 7.92. The van der Waals surface area contributed by atoms with Crippen LogP contribution in [-0.4, -0.2) is 66.2 Å². The SMILES string of the molecule is O=C(c1cc(-c2ccccc2)on1)N1CCC(C(=O)N2CCOCC2)CC1. The Hall–Kier alpha value is -2.67. The number of hydrogen-bond donors (Lipinski definition) is 0. The smallest absolute Gasteiger partial charge is 0.276 e. The monoisotopic (exact) mass is 369 g/mol. The molecule has 2 saturated heterocycles. The maximum atomic E-state index is 12.7. The number of hydrogen-bond acceptors (Lipinski definition) is 5. The maximum absolute atomic E-state index is 12.7. The topological polar surface area (TPSA) is 75.9 Å². The van der Waals surface area contributed by atoms with Crippen LogP contribution in [0.1, 0.15) is 23.3 Å². The van der Waals surface area contributed by atoms with Gasteiger partial charge in [0.05, 0.1) is 13.2 Å². The van der Waals surface area contributed by atoms with Crippen molar-refractivity contribution in [1.29, 1.82) is 0 Å². The Bertz CT molecular complexity index is 791. The normalized spacial score (nSPS) is 18.5. The lowest BCUT2D eigenvalue weighted by Gasteiger charge is -2.35. The number of aromatic nitrogens is 1. The zero-order valence-corrected chi connectivity index (χ0v) is 15.2. The van der Waals surface area contributed by atoms with Gasteiger partial charge in [-0.05, 0) is 12.8 Å². The van der Waals surface area contributed by atoms with Gasteiger partial charge in [0.25, 0.3) is 5.91 Å². The fourth-order valence-corrected chi connectivity index (χ4v) is 3.65. The molecule has 0 saturated carbocycles. The van der Waals surface area contributed by atoms with E-state index in [1.54, 1.807) is 11.0 Å². The van der Waals surface area contributed by atoms with E-state index < -0.39 is 0 Å². The van der Waals surface area contributed by atoms with Crippen molar-refractivity contribution in [2.75, 3.05) is 39.4 Å². The Morgan fingerprint density at radius 2 is 1.67 bits per heavy atom. The van der Waals surface area contributed by atoms with Crippen molar-refractivity contribution < 1.29 is 18.8 Å². The van der Waals surface area contributed by atoms with Gasteiger partial charge in [0.2, 0.25) is 5.91 Å². The highest BCUT2D eigenvalue weighted by molar-refractivity contribution is 5.93. The highest BCUT2D eigenvalue weighted by Crippen LogP contribution is 2.24. The fraction of sp³-hybridized carbons (Fsp3) is 0.450. The molecule has 7 heteroatoms. The first kappa shape index (κ1) is 17.7. The fourth-order valence-electron chi connectivity index (χ4n) is 3.65. The van der Waals surface area contributed by atoms with Crippen molar-refractivity contribution in [2.24, 2.45) is 5.92 Å². The first-order chi connectivity index (χ1) is 13.2. The molecule has 1 aromatic carbocycles. The Balaban J connectivity index is 1.35. The Morgan fingerprint density at radius 1 is 0.963 bits per heavy atom. The molecule has 1 aromatic heterocycles. The quantitative estimate of drug-likeness (QED) is 0.828. The molecule has 2 aromatic rings. The van der Waals surface area contributed by atoms with E-state index in [2.05, 4.69) is 5.16 Å². The maximum Gasteiger partial charge on any atom is 0.276 e. The van der Waals surface area contributed by atoms with Gasteiger partial charge in [-0.2, -0.15) is 0 Å². The third-order valence-electron chi connectivity index (χ3n) is 5.24. The summed E-state index contributed by atoms with van der Waals surface area (Å²) >= 11 is 0. The summed E-state index contributed by atoms with van der Waals surface area (Å²) in [4.78, 5) is 29.0. The number of carbonyl (C=O) groups excluding carboxylic acids is 2. The molecule has 2 fully saturated rings. The Labute approximate surface area is 157 Å². The van der Waals surface area contributed by atoms with Crippen LogP contribution in [0.15, 0.2) is 40.9 Å². The largest absolute Gasteiger partial charge is 0.378 e. The van der Waals surface area contributed by atoms with Gasteiger partial charge in [0.1, 0.15) is 0 Å². The number of rotatable bonds is 3. The summed E-state index contributed by atoms with van der Waals surface area (Å²) in [5, 5.41) is 3.94. The summed E-state index contributed by atoms with van der Waals surface area (Å²) in [6, 6.07) is 11.3. The second-order valence-electron chi connectivity index (χ2n) is 6.95. The van der Waals surface area contributed by atoms with Gasteiger partial charge in [-0.15, -0.1) is 0 Å². The summed E-state index contributed by atoms with van der Waals surface area (Å²) in [5.74, 6) is 0.622. The molecule has 27 heavy (non-hydrogen) atoms. The van der Waals surface area contributed by atoms with Gasteiger partial charge >= 0.3 is 0 Å². The molecule has 7 nitrogen and oxygen atoms in total. The molecule has 3 heterocycles. The van der Waals surface area contributed by atoms with Crippen molar-refractivity contribution in [3.05, 3.63) is 42.1 Å². The van der Waals surface area contributed by atoms with Crippen LogP contribution in [0.2, 0.25) is 0 Å². The summed E-state index contributed by atoms with van der Waals surface area (Å²) in [7, 11) is 0. The lowest BCUT2D eigenvalue weighted by molar-refractivity contribution is -0.141. The predicted molar refractivity (Wildman–Crippen MR) is 98.0 cm³/mol. The molecule has 0 bridgehead atoms. The lowest BCUT2D eigenvalue weighted by atomic mass is 9.95. The standard InChI is InChI=1S/C20H23N3O4/c24-19(23-10-12-26-13-11-23)16-6-8-22(9-7-16)20(25)17-14-18(27-21-17)15-4-2-1-3-5-15/h1-5,14,16H,6-13H2. The van der Waals surface area contributed by atoms with Crippen LogP contribution in [0.4, 0.5) is 0 Å². The Kier molecular flexibility index (Phi) is 5.20. The first-order valence-electron chi connectivity index (χ1n) is 9.40. The van der Waals surface area contributed by atoms with E-state index in [-0.39, 0.29) is 17.7 Å². The number of benzene rings is 1. The third-order valence-corrected chi connectivity index (χ3v) is 5.24. The molecule has 2 aliphatic rings. The van der Waals surface area contributed by atoms with Gasteiger partial charge < -0.3 is 19.1 Å². The second-order valence-corrected chi connectivity index (χ2v) is 6.95. The minimum Gasteiger partial charge on any atom is -0.378 e. The van der Waals surface area contributed by atoms with Crippen LogP contribution >= 0.6 is 0 Å². The molecule has 0 radical (unpaired) electrons. The number of morpholine rings is 1. The van der Waals surface area contributed by atoms with Crippen molar-refractivity contribution in [2.45, 2.75) is 12.8 Å². The van der Waals surface area contributed by atoms with Crippen molar-refractivity contribution in [3.8, 4) is 11.3 Å². The molecule has 0 unspecified atom stereocenters. The van der Waals surface area contributed by atoms with Crippen LogP contribution in [0.3, 0.4) is 0 Å². The highest BCUT2D eigenvalue weighted by Gasteiger charge is 2.32. The first-order valence-corrected chi connectivity index (χ1v) is 9.40. The molecule has 0 N–H and O–H groups in total. The Morgan fingerprint density at radius 3 is 2.37 bits per heavy atom. The van der Waals surface area contributed by atoms with Gasteiger partial charge in [0.15, 0.2) is 11.5 Å². The molecule has 0 atom stereocenters. The van der Waals surface area contributed by atoms with E-state index in [1.165, 1.54) is 0 Å². The van der Waals surface area contributed by atoms with Crippen LogP contribution in [-0.2, 0) is 9.53 Å². The van der Waals surface area contributed by atoms with Crippen LogP contribution < -0.4 is 0 Å². The zero-order valence-electron chi connectivity index (χ0n) is 15.2. The molecular formula is C20H23N3O4. The molecule has 0 spiro atoms. The molecular weight excluding hydrogens is 346 g/mol. The molecule has 2 aliphatic heterocycles. The lowest BCUT2D eigenvalue weighted by Crippen LogP contribution is -2.47. The van der Waals surface area contributed by atoms with Gasteiger partial charge in [-0.25, -0.2) is 0 Å². The predicted octanol–water partition coefficient (Wildman–Crippen LogP) is 2.05. The minimum absolute atomic E-state index is 0.00987. The van der Waals surface area contributed by atoms with Crippen LogP contribution in [0, 0.1) is 5.92 Å². The zero-order chi connectivity index (χ0) is 18.6. The highest BCUT2D eigenvalue weighted by atomic mass is 16.5. The summed E-state index contributed by atoms with van der Waals surface area (Å²) in [6.07, 6.45) is 1.37. The number of carbonyl (C=O) groups is 2. The summed E-state index contributed by atoms with van der Waals surface area (Å²) in [6.45, 7) is 3.68. The van der Waals surface area contributed by atoms with Crippen molar-refractivity contribution in [1.82, 2.24) is 15.0 Å². The van der Waals surface area contributed by atoms with E-state index in [9.17, 15) is 9.59 Å². The number of likely N-dealkylation sites (tertiary alicyclic amines) is 1. The average molecular weight is 369 g/mol. The molecule has 2 amide bonds. The third kappa shape index (κ3) is 3.88. The summed E-state index contributed by atoms with van der Waals surface area (Å²) < 4.78 is 10.6. The van der Waals surface area contributed by atoms with E-state index >= 15 is 0 Å². The number of ether oxygens (including phenoxy) is 1.